The Hall–Kier alpha value is -6.97. The lowest BCUT2D eigenvalue weighted by Crippen LogP contribution is -2.35. The smallest absolute Gasteiger partial charge is 0.141 e. The summed E-state index contributed by atoms with van der Waals surface area (Å²) in [5.74, 6) is 0. The van der Waals surface area contributed by atoms with Gasteiger partial charge in [-0.2, -0.15) is 0 Å². The van der Waals surface area contributed by atoms with Crippen LogP contribution in [0.25, 0.3) is 76.6 Å². The molecule has 12 rings (SSSR count). The molecule has 59 heavy (non-hydrogen) atoms. The topological polar surface area (TPSA) is 29.3 Å². The first-order valence-electron chi connectivity index (χ1n) is 21.0. The van der Waals surface area contributed by atoms with E-state index in [1.807, 2.05) is 0 Å². The minimum Gasteiger partial charge on any atom is -0.360 e. The summed E-state index contributed by atoms with van der Waals surface area (Å²) < 4.78 is 2.51. The number of para-hydroxylation sites is 1. The second-order valence-corrected chi connectivity index (χ2v) is 17.0. The molecule has 1 atom stereocenters. The molecule has 3 heteroatoms. The molecule has 1 aliphatic heterocycles. The zero-order chi connectivity index (χ0) is 39.4. The minimum atomic E-state index is -0.152. The van der Waals surface area contributed by atoms with Gasteiger partial charge in [0.1, 0.15) is 6.17 Å². The predicted octanol–water partition coefficient (Wildman–Crippen LogP) is 14.0. The molecule has 0 radical (unpaired) electrons. The van der Waals surface area contributed by atoms with Gasteiger partial charge in [-0.05, 0) is 116 Å². The Morgan fingerprint density at radius 2 is 1.31 bits per heavy atom. The van der Waals surface area contributed by atoms with Gasteiger partial charge in [-0.1, -0.05) is 153 Å². The third kappa shape index (κ3) is 4.97. The highest BCUT2D eigenvalue weighted by atomic mass is 15.1. The summed E-state index contributed by atoms with van der Waals surface area (Å²) >= 11 is 0. The lowest BCUT2D eigenvalue weighted by atomic mass is 9.82. The molecule has 1 unspecified atom stereocenters. The highest BCUT2D eigenvalue weighted by molar-refractivity contribution is 6.29. The summed E-state index contributed by atoms with van der Waals surface area (Å²) in [6, 6.07) is 56.5. The van der Waals surface area contributed by atoms with Gasteiger partial charge in [0.05, 0.1) is 16.7 Å². The largest absolute Gasteiger partial charge is 0.360 e. The van der Waals surface area contributed by atoms with Gasteiger partial charge >= 0.3 is 0 Å². The minimum absolute atomic E-state index is 0.100. The number of nitrogens with one attached hydrogen (secondary N) is 1. The molecule has 3 nitrogen and oxygen atoms in total. The Balaban J connectivity index is 1.15. The van der Waals surface area contributed by atoms with Crippen molar-refractivity contribution in [1.29, 1.82) is 0 Å². The van der Waals surface area contributed by atoms with Crippen LogP contribution in [0.3, 0.4) is 0 Å². The van der Waals surface area contributed by atoms with Crippen molar-refractivity contribution in [1.82, 2.24) is 9.88 Å². The standard InChI is InChI=1S/C56H43N3/c1-34-53(35-17-6-4-7-18-35)57-55(36-19-8-5-9-20-36)58-54(34)44-26-16-25-43-39-22-11-10-21-38(39)40-30-29-37(31-47(40)52(43)44)59-50-28-15-13-24-42(50)46-32-45-41-23-12-14-27-48(41)56(2,3)49(45)33-51(46)59/h4-8,10-19,21-33,55,58H,9,20H2,1-3H3. The summed E-state index contributed by atoms with van der Waals surface area (Å²) in [4.78, 5) is 5.42. The van der Waals surface area contributed by atoms with E-state index in [2.05, 4.69) is 201 Å². The SMILES string of the molecule is CC1=C(c2cccc3c4ccccc4c4ccc(-n5c6ccccc6c6cc7c(cc65)C(C)(C)c5ccccc5-7)cc4c23)NC(C2=CC=CCC2)N=C1c1ccccc1. The van der Waals surface area contributed by atoms with E-state index in [0.29, 0.717) is 0 Å². The molecule has 0 bridgehead atoms. The molecule has 0 saturated heterocycles. The van der Waals surface area contributed by atoms with E-state index in [0.717, 1.165) is 41.1 Å². The van der Waals surface area contributed by atoms with E-state index < -0.39 is 0 Å². The molecule has 0 saturated carbocycles. The van der Waals surface area contributed by atoms with Gasteiger partial charge in [-0.15, -0.1) is 0 Å². The molecule has 2 aliphatic carbocycles. The number of benzene rings is 8. The fourth-order valence-corrected chi connectivity index (χ4v) is 10.6. The molecule has 1 N–H and O–H groups in total. The first-order chi connectivity index (χ1) is 29.0. The molecule has 2 heterocycles. The second-order valence-electron chi connectivity index (χ2n) is 17.0. The van der Waals surface area contributed by atoms with Crippen LogP contribution in [0.15, 0.2) is 186 Å². The van der Waals surface area contributed by atoms with Crippen LogP contribution in [0.5, 0.6) is 0 Å². The Kier molecular flexibility index (Phi) is 7.38. The summed E-state index contributed by atoms with van der Waals surface area (Å²) in [7, 11) is 0. The second kappa shape index (κ2) is 12.8. The Morgan fingerprint density at radius 3 is 2.14 bits per heavy atom. The molecule has 0 fully saturated rings. The number of allylic oxidation sites excluding steroid dienone is 4. The van der Waals surface area contributed by atoms with E-state index in [1.165, 1.54) is 87.5 Å². The molecule has 8 aromatic carbocycles. The van der Waals surface area contributed by atoms with Gasteiger partial charge in [-0.25, -0.2) is 0 Å². The van der Waals surface area contributed by atoms with Crippen molar-refractivity contribution in [2.24, 2.45) is 4.99 Å². The normalized spacial score (nSPS) is 17.1. The van der Waals surface area contributed by atoms with Crippen molar-refractivity contribution in [3.63, 3.8) is 0 Å². The van der Waals surface area contributed by atoms with Crippen LogP contribution in [0.4, 0.5) is 0 Å². The maximum atomic E-state index is 5.42. The third-order valence-electron chi connectivity index (χ3n) is 13.5. The summed E-state index contributed by atoms with van der Waals surface area (Å²) in [5, 5.41) is 14.1. The summed E-state index contributed by atoms with van der Waals surface area (Å²) in [6.45, 7) is 6.99. The van der Waals surface area contributed by atoms with Crippen LogP contribution in [0.1, 0.15) is 55.9 Å². The maximum Gasteiger partial charge on any atom is 0.141 e. The van der Waals surface area contributed by atoms with E-state index >= 15 is 0 Å². The van der Waals surface area contributed by atoms with Gasteiger partial charge in [0.15, 0.2) is 0 Å². The number of aliphatic imine (C=N–C) groups is 1. The van der Waals surface area contributed by atoms with Crippen molar-refractivity contribution in [3.8, 4) is 16.8 Å². The lowest BCUT2D eigenvalue weighted by molar-refractivity contribution is 0.661. The van der Waals surface area contributed by atoms with Crippen LogP contribution < -0.4 is 5.32 Å². The zero-order valence-electron chi connectivity index (χ0n) is 33.6. The maximum absolute atomic E-state index is 5.42. The van der Waals surface area contributed by atoms with Gasteiger partial charge in [-0.3, -0.25) is 4.99 Å². The molecule has 1 aromatic heterocycles. The summed E-state index contributed by atoms with van der Waals surface area (Å²) in [6.07, 6.45) is 8.56. The Bertz CT molecular complexity index is 3390. The lowest BCUT2D eigenvalue weighted by Gasteiger charge is -2.30. The van der Waals surface area contributed by atoms with Crippen molar-refractivity contribution in [2.45, 2.75) is 45.2 Å². The van der Waals surface area contributed by atoms with Crippen molar-refractivity contribution in [2.75, 3.05) is 0 Å². The van der Waals surface area contributed by atoms with Crippen molar-refractivity contribution < 1.29 is 0 Å². The number of fused-ring (bicyclic) bond motifs is 12. The quantitative estimate of drug-likeness (QED) is 0.178. The van der Waals surface area contributed by atoms with E-state index in [4.69, 9.17) is 4.99 Å². The summed E-state index contributed by atoms with van der Waals surface area (Å²) in [5.41, 5.74) is 16.0. The number of hydrogen-bond acceptors (Lipinski definition) is 2. The predicted molar refractivity (Wildman–Crippen MR) is 250 cm³/mol. The third-order valence-corrected chi connectivity index (χ3v) is 13.5. The van der Waals surface area contributed by atoms with E-state index in [9.17, 15) is 0 Å². The van der Waals surface area contributed by atoms with Gasteiger partial charge in [0.2, 0.25) is 0 Å². The zero-order valence-corrected chi connectivity index (χ0v) is 33.6. The first kappa shape index (κ1) is 34.1. The van der Waals surface area contributed by atoms with Crippen molar-refractivity contribution in [3.05, 3.63) is 203 Å². The van der Waals surface area contributed by atoms with Crippen LogP contribution in [-0.4, -0.2) is 16.4 Å². The highest BCUT2D eigenvalue weighted by Crippen LogP contribution is 2.51. The van der Waals surface area contributed by atoms with Gasteiger partial charge in [0, 0.05) is 38.7 Å². The van der Waals surface area contributed by atoms with Crippen LogP contribution in [0.2, 0.25) is 0 Å². The number of nitrogens with zero attached hydrogens (tertiary/aromatic N) is 2. The molecular weight excluding hydrogens is 715 g/mol. The Morgan fingerprint density at radius 1 is 0.593 bits per heavy atom. The Labute approximate surface area is 344 Å². The molecule has 0 amide bonds. The van der Waals surface area contributed by atoms with E-state index in [-0.39, 0.29) is 11.6 Å². The van der Waals surface area contributed by atoms with Crippen LogP contribution in [0, 0.1) is 0 Å². The van der Waals surface area contributed by atoms with Gasteiger partial charge in [0.25, 0.3) is 0 Å². The average molecular weight is 758 g/mol. The van der Waals surface area contributed by atoms with Crippen LogP contribution in [-0.2, 0) is 5.41 Å². The average Bonchev–Trinajstić information content (AvgIpc) is 3.73. The number of hydrogen-bond donors (Lipinski definition) is 1. The first-order valence-corrected chi connectivity index (χ1v) is 21.0. The molecule has 3 aliphatic rings. The highest BCUT2D eigenvalue weighted by Gasteiger charge is 2.36. The fourth-order valence-electron chi connectivity index (χ4n) is 10.6. The van der Waals surface area contributed by atoms with Crippen LogP contribution >= 0.6 is 0 Å². The monoisotopic (exact) mass is 757 g/mol. The molecular formula is C56H43N3. The van der Waals surface area contributed by atoms with Crippen molar-refractivity contribution >= 4 is 65.5 Å². The number of rotatable bonds is 4. The fraction of sp³-hybridized carbons (Fsp3) is 0.125. The molecule has 9 aromatic rings. The van der Waals surface area contributed by atoms with E-state index in [1.54, 1.807) is 0 Å². The van der Waals surface area contributed by atoms with Gasteiger partial charge < -0.3 is 9.88 Å². The molecule has 0 spiro atoms. The molecule has 282 valence electrons. The number of aromatic nitrogens is 1.